The molecule has 2 N–H and O–H groups in total. The summed E-state index contributed by atoms with van der Waals surface area (Å²) in [6.45, 7) is 14.1. The van der Waals surface area contributed by atoms with Crippen molar-refractivity contribution in [1.82, 2.24) is 10.6 Å². The van der Waals surface area contributed by atoms with Crippen LogP contribution in [0.1, 0.15) is 48.0 Å². The first kappa shape index (κ1) is 15.4. The summed E-state index contributed by atoms with van der Waals surface area (Å²) in [5.74, 6) is 1.34. The molecule has 0 spiro atoms. The van der Waals surface area contributed by atoms with E-state index in [9.17, 15) is 4.79 Å². The minimum absolute atomic E-state index is 0.0859. The molecule has 0 aromatic rings. The Hall–Kier alpha value is -0.570. The molecule has 0 bridgehead atoms. The fourth-order valence-electron chi connectivity index (χ4n) is 1.16. The molecule has 3 heteroatoms. The van der Waals surface area contributed by atoms with E-state index in [0.717, 1.165) is 13.0 Å². The third-order valence-corrected chi connectivity index (χ3v) is 3.25. The average Bonchev–Trinajstić information content (AvgIpc) is 2.16. The van der Waals surface area contributed by atoms with Gasteiger partial charge in [0.1, 0.15) is 0 Å². The van der Waals surface area contributed by atoms with Crippen LogP contribution in [-0.2, 0) is 4.79 Å². The highest BCUT2D eigenvalue weighted by molar-refractivity contribution is 5.78. The van der Waals surface area contributed by atoms with Crippen LogP contribution in [0, 0.1) is 11.8 Å². The number of hydrogen-bond acceptors (Lipinski definition) is 2. The molecule has 0 aliphatic rings. The first-order valence-corrected chi connectivity index (χ1v) is 6.30. The van der Waals surface area contributed by atoms with Crippen molar-refractivity contribution in [3.05, 3.63) is 0 Å². The Labute approximate surface area is 100 Å². The third kappa shape index (κ3) is 6.83. The zero-order valence-electron chi connectivity index (χ0n) is 11.7. The second-order valence-electron chi connectivity index (χ2n) is 5.64. The normalized spacial score (nSPS) is 13.9. The number of nitrogens with one attached hydrogen (secondary N) is 2. The van der Waals surface area contributed by atoms with Gasteiger partial charge in [0, 0.05) is 5.54 Å². The van der Waals surface area contributed by atoms with E-state index in [1.807, 2.05) is 13.8 Å². The van der Waals surface area contributed by atoms with Crippen LogP contribution in [0.4, 0.5) is 0 Å². The van der Waals surface area contributed by atoms with Crippen LogP contribution in [0.15, 0.2) is 0 Å². The van der Waals surface area contributed by atoms with Crippen molar-refractivity contribution in [2.45, 2.75) is 53.5 Å². The van der Waals surface area contributed by atoms with E-state index in [1.54, 1.807) is 0 Å². The molecular weight excluding hydrogens is 200 g/mol. The van der Waals surface area contributed by atoms with Gasteiger partial charge in [-0.1, -0.05) is 27.7 Å². The van der Waals surface area contributed by atoms with Gasteiger partial charge in [0.05, 0.1) is 6.54 Å². The number of carbonyl (C=O) groups is 1. The van der Waals surface area contributed by atoms with Crippen LogP contribution in [0.25, 0.3) is 0 Å². The van der Waals surface area contributed by atoms with Gasteiger partial charge in [-0.05, 0) is 38.6 Å². The largest absolute Gasteiger partial charge is 0.350 e. The second kappa shape index (κ2) is 6.89. The van der Waals surface area contributed by atoms with Crippen molar-refractivity contribution in [2.24, 2.45) is 11.8 Å². The SMILES string of the molecule is CCC(C)(C)NC(=O)CNCC(C)C(C)C. The van der Waals surface area contributed by atoms with Gasteiger partial charge in [-0.3, -0.25) is 4.79 Å². The van der Waals surface area contributed by atoms with E-state index in [1.165, 1.54) is 0 Å². The molecular formula is C13H28N2O. The van der Waals surface area contributed by atoms with Crippen LogP contribution in [-0.4, -0.2) is 24.5 Å². The smallest absolute Gasteiger partial charge is 0.234 e. The van der Waals surface area contributed by atoms with Gasteiger partial charge < -0.3 is 10.6 Å². The van der Waals surface area contributed by atoms with E-state index < -0.39 is 0 Å². The molecule has 0 saturated carbocycles. The summed E-state index contributed by atoms with van der Waals surface area (Å²) in [6, 6.07) is 0. The Morgan fingerprint density at radius 2 is 1.81 bits per heavy atom. The summed E-state index contributed by atoms with van der Waals surface area (Å²) in [4.78, 5) is 11.6. The first-order valence-electron chi connectivity index (χ1n) is 6.30. The predicted octanol–water partition coefficient (Wildman–Crippen LogP) is 2.17. The number of amides is 1. The van der Waals surface area contributed by atoms with Crippen molar-refractivity contribution >= 4 is 5.91 Å². The van der Waals surface area contributed by atoms with E-state index >= 15 is 0 Å². The molecule has 0 aliphatic heterocycles. The van der Waals surface area contributed by atoms with Gasteiger partial charge in [-0.15, -0.1) is 0 Å². The van der Waals surface area contributed by atoms with E-state index in [0.29, 0.717) is 18.4 Å². The molecule has 1 atom stereocenters. The average molecular weight is 228 g/mol. The molecule has 1 amide bonds. The topological polar surface area (TPSA) is 41.1 Å². The van der Waals surface area contributed by atoms with Gasteiger partial charge in [-0.25, -0.2) is 0 Å². The van der Waals surface area contributed by atoms with E-state index in [4.69, 9.17) is 0 Å². The third-order valence-electron chi connectivity index (χ3n) is 3.25. The minimum Gasteiger partial charge on any atom is -0.350 e. The lowest BCUT2D eigenvalue weighted by molar-refractivity contribution is -0.121. The van der Waals surface area contributed by atoms with Crippen molar-refractivity contribution < 1.29 is 4.79 Å². The van der Waals surface area contributed by atoms with Gasteiger partial charge >= 0.3 is 0 Å². The Balaban J connectivity index is 3.75. The molecule has 1 unspecified atom stereocenters. The quantitative estimate of drug-likeness (QED) is 0.701. The molecule has 0 radical (unpaired) electrons. The van der Waals surface area contributed by atoms with Crippen LogP contribution < -0.4 is 10.6 Å². The Kier molecular flexibility index (Phi) is 6.65. The maximum atomic E-state index is 11.6. The summed E-state index contributed by atoms with van der Waals surface area (Å²) < 4.78 is 0. The Bertz CT molecular complexity index is 212. The van der Waals surface area contributed by atoms with Gasteiger partial charge in [0.25, 0.3) is 0 Å². The lowest BCUT2D eigenvalue weighted by Crippen LogP contribution is -2.47. The van der Waals surface area contributed by atoms with Crippen molar-refractivity contribution in [2.75, 3.05) is 13.1 Å². The molecule has 0 heterocycles. The Morgan fingerprint density at radius 3 is 2.25 bits per heavy atom. The molecule has 0 aromatic carbocycles. The summed E-state index contributed by atoms with van der Waals surface area (Å²) >= 11 is 0. The van der Waals surface area contributed by atoms with Crippen LogP contribution in [0.3, 0.4) is 0 Å². The lowest BCUT2D eigenvalue weighted by atomic mass is 9.98. The van der Waals surface area contributed by atoms with E-state index in [2.05, 4.69) is 38.3 Å². The van der Waals surface area contributed by atoms with Crippen LogP contribution in [0.2, 0.25) is 0 Å². The second-order valence-corrected chi connectivity index (χ2v) is 5.64. The van der Waals surface area contributed by atoms with Crippen molar-refractivity contribution in [3.63, 3.8) is 0 Å². The molecule has 0 aromatic heterocycles. The minimum atomic E-state index is -0.0948. The predicted molar refractivity (Wildman–Crippen MR) is 69.4 cm³/mol. The zero-order valence-corrected chi connectivity index (χ0v) is 11.7. The molecule has 0 fully saturated rings. The lowest BCUT2D eigenvalue weighted by Gasteiger charge is -2.25. The van der Waals surface area contributed by atoms with Crippen LogP contribution in [0.5, 0.6) is 0 Å². The Morgan fingerprint density at radius 1 is 1.25 bits per heavy atom. The van der Waals surface area contributed by atoms with Gasteiger partial charge in [0.2, 0.25) is 5.91 Å². The standard InChI is InChI=1S/C13H28N2O/c1-7-13(5,6)15-12(16)9-14-8-11(4)10(2)3/h10-11,14H,7-9H2,1-6H3,(H,15,16). The molecule has 0 rings (SSSR count). The summed E-state index contributed by atoms with van der Waals surface area (Å²) in [6.07, 6.45) is 0.946. The number of hydrogen-bond donors (Lipinski definition) is 2. The molecule has 96 valence electrons. The van der Waals surface area contributed by atoms with Gasteiger partial charge in [-0.2, -0.15) is 0 Å². The van der Waals surface area contributed by atoms with Crippen molar-refractivity contribution in [3.8, 4) is 0 Å². The fraction of sp³-hybridized carbons (Fsp3) is 0.923. The highest BCUT2D eigenvalue weighted by atomic mass is 16.2. The highest BCUT2D eigenvalue weighted by Crippen LogP contribution is 2.08. The fourth-order valence-corrected chi connectivity index (χ4v) is 1.16. The van der Waals surface area contributed by atoms with Crippen molar-refractivity contribution in [1.29, 1.82) is 0 Å². The zero-order chi connectivity index (χ0) is 12.8. The maximum absolute atomic E-state index is 11.6. The summed E-state index contributed by atoms with van der Waals surface area (Å²) in [5, 5.41) is 6.21. The number of carbonyl (C=O) groups excluding carboxylic acids is 1. The van der Waals surface area contributed by atoms with Gasteiger partial charge in [0.15, 0.2) is 0 Å². The van der Waals surface area contributed by atoms with Crippen LogP contribution >= 0.6 is 0 Å². The maximum Gasteiger partial charge on any atom is 0.234 e. The monoisotopic (exact) mass is 228 g/mol. The molecule has 0 aliphatic carbocycles. The molecule has 0 saturated heterocycles. The highest BCUT2D eigenvalue weighted by Gasteiger charge is 2.17. The summed E-state index contributed by atoms with van der Waals surface area (Å²) in [5.41, 5.74) is -0.0948. The molecule has 3 nitrogen and oxygen atoms in total. The van der Waals surface area contributed by atoms with E-state index in [-0.39, 0.29) is 11.4 Å². The number of rotatable bonds is 7. The first-order chi connectivity index (χ1) is 7.28. The summed E-state index contributed by atoms with van der Waals surface area (Å²) in [7, 11) is 0. The molecule has 16 heavy (non-hydrogen) atoms.